The van der Waals surface area contributed by atoms with Crippen molar-refractivity contribution in [3.63, 3.8) is 0 Å². The average molecular weight is 261 g/mol. The van der Waals surface area contributed by atoms with Crippen LogP contribution in [0.15, 0.2) is 24.5 Å². The van der Waals surface area contributed by atoms with Gasteiger partial charge >= 0.3 is 0 Å². The van der Waals surface area contributed by atoms with Gasteiger partial charge in [0.15, 0.2) is 0 Å². The highest BCUT2D eigenvalue weighted by molar-refractivity contribution is 5.78. The molecule has 1 aromatic rings. The first-order chi connectivity index (χ1) is 9.27. The van der Waals surface area contributed by atoms with Crippen molar-refractivity contribution in [3.8, 4) is 0 Å². The fraction of sp³-hybridized carbons (Fsp3) is 0.600. The molecule has 19 heavy (non-hydrogen) atoms. The van der Waals surface area contributed by atoms with Gasteiger partial charge in [0.2, 0.25) is 5.91 Å². The molecule has 0 saturated heterocycles. The lowest BCUT2D eigenvalue weighted by Gasteiger charge is -2.11. The summed E-state index contributed by atoms with van der Waals surface area (Å²) in [5, 5.41) is 6.36. The summed E-state index contributed by atoms with van der Waals surface area (Å²) in [5.74, 6) is 1.06. The van der Waals surface area contributed by atoms with Crippen LogP contribution in [0, 0.1) is 11.8 Å². The molecule has 4 nitrogen and oxygen atoms in total. The minimum Gasteiger partial charge on any atom is -0.356 e. The molecule has 0 bridgehead atoms. The molecule has 1 atom stereocenters. The number of aromatic nitrogens is 1. The second kappa shape index (κ2) is 7.24. The van der Waals surface area contributed by atoms with E-state index in [0.717, 1.165) is 26.1 Å². The Kier molecular flexibility index (Phi) is 5.33. The maximum Gasteiger partial charge on any atom is 0.223 e. The lowest BCUT2D eigenvalue weighted by molar-refractivity contribution is -0.125. The van der Waals surface area contributed by atoms with Crippen LogP contribution in [0.3, 0.4) is 0 Å². The van der Waals surface area contributed by atoms with Crippen LogP contribution >= 0.6 is 0 Å². The number of pyridine rings is 1. The third-order valence-corrected chi connectivity index (χ3v) is 3.62. The summed E-state index contributed by atoms with van der Waals surface area (Å²) in [7, 11) is 0. The predicted octanol–water partition coefficient (Wildman–Crippen LogP) is 1.72. The molecule has 2 rings (SSSR count). The lowest BCUT2D eigenvalue weighted by Crippen LogP contribution is -2.32. The van der Waals surface area contributed by atoms with E-state index >= 15 is 0 Å². The van der Waals surface area contributed by atoms with Crippen LogP contribution in [0.25, 0.3) is 0 Å². The Bertz CT molecular complexity index is 390. The fourth-order valence-electron chi connectivity index (χ4n) is 2.13. The van der Waals surface area contributed by atoms with Crippen molar-refractivity contribution >= 4 is 5.91 Å². The molecule has 1 saturated carbocycles. The van der Waals surface area contributed by atoms with Crippen LogP contribution in [0.2, 0.25) is 0 Å². The normalized spacial score (nSPS) is 16.1. The van der Waals surface area contributed by atoms with Crippen LogP contribution in [0.4, 0.5) is 0 Å². The molecule has 1 aliphatic rings. The predicted molar refractivity (Wildman–Crippen MR) is 75.5 cm³/mol. The topological polar surface area (TPSA) is 54.0 Å². The van der Waals surface area contributed by atoms with Gasteiger partial charge in [-0.3, -0.25) is 9.78 Å². The van der Waals surface area contributed by atoms with Crippen molar-refractivity contribution in [2.24, 2.45) is 11.8 Å². The third kappa shape index (κ3) is 4.99. The Hall–Kier alpha value is -1.42. The first kappa shape index (κ1) is 14.0. The molecule has 104 valence electrons. The highest BCUT2D eigenvalue weighted by Gasteiger charge is 2.32. The lowest BCUT2D eigenvalue weighted by atomic mass is 10.1. The van der Waals surface area contributed by atoms with E-state index in [9.17, 15) is 4.79 Å². The molecule has 4 heteroatoms. The Morgan fingerprint density at radius 2 is 2.32 bits per heavy atom. The quantitative estimate of drug-likeness (QED) is 0.701. The summed E-state index contributed by atoms with van der Waals surface area (Å²) < 4.78 is 0. The van der Waals surface area contributed by atoms with Crippen LogP contribution < -0.4 is 10.6 Å². The highest BCUT2D eigenvalue weighted by Crippen LogP contribution is 2.36. The zero-order valence-electron chi connectivity index (χ0n) is 11.6. The van der Waals surface area contributed by atoms with Crippen molar-refractivity contribution in [3.05, 3.63) is 30.1 Å². The first-order valence-electron chi connectivity index (χ1n) is 7.14. The van der Waals surface area contributed by atoms with Crippen LogP contribution in [-0.4, -0.2) is 24.0 Å². The monoisotopic (exact) mass is 261 g/mol. The second-order valence-electron chi connectivity index (χ2n) is 5.31. The summed E-state index contributed by atoms with van der Waals surface area (Å²) in [4.78, 5) is 15.8. The second-order valence-corrected chi connectivity index (χ2v) is 5.31. The van der Waals surface area contributed by atoms with E-state index in [-0.39, 0.29) is 11.8 Å². The van der Waals surface area contributed by atoms with E-state index in [1.54, 1.807) is 6.20 Å². The molecule has 0 spiro atoms. The SMILES string of the molecule is CC(C(=O)NCCCNCc1cccnc1)C1CC1. The number of rotatable bonds is 8. The van der Waals surface area contributed by atoms with Gasteiger partial charge in [0.25, 0.3) is 0 Å². The number of nitrogens with zero attached hydrogens (tertiary/aromatic N) is 1. The summed E-state index contributed by atoms with van der Waals surface area (Å²) in [5.41, 5.74) is 1.19. The van der Waals surface area contributed by atoms with Crippen molar-refractivity contribution < 1.29 is 4.79 Å². The molecule has 1 aromatic heterocycles. The molecule has 0 aromatic carbocycles. The number of hydrogen-bond acceptors (Lipinski definition) is 3. The zero-order chi connectivity index (χ0) is 13.5. The molecule has 0 aliphatic heterocycles. The summed E-state index contributed by atoms with van der Waals surface area (Å²) in [6.45, 7) is 4.54. The third-order valence-electron chi connectivity index (χ3n) is 3.62. The van der Waals surface area contributed by atoms with Crippen LogP contribution in [-0.2, 0) is 11.3 Å². The van der Waals surface area contributed by atoms with E-state index in [4.69, 9.17) is 0 Å². The van der Waals surface area contributed by atoms with Gasteiger partial charge in [-0.05, 0) is 43.4 Å². The van der Waals surface area contributed by atoms with Crippen molar-refractivity contribution in [1.82, 2.24) is 15.6 Å². The Balaban J connectivity index is 1.49. The van der Waals surface area contributed by atoms with E-state index in [1.165, 1.54) is 18.4 Å². The van der Waals surface area contributed by atoms with E-state index in [0.29, 0.717) is 5.92 Å². The van der Waals surface area contributed by atoms with Crippen molar-refractivity contribution in [1.29, 1.82) is 0 Å². The molecular formula is C15H23N3O. The minimum atomic E-state index is 0.198. The zero-order valence-corrected chi connectivity index (χ0v) is 11.6. The number of amides is 1. The largest absolute Gasteiger partial charge is 0.356 e. The van der Waals surface area contributed by atoms with E-state index < -0.39 is 0 Å². The van der Waals surface area contributed by atoms with Gasteiger partial charge in [-0.15, -0.1) is 0 Å². The first-order valence-corrected chi connectivity index (χ1v) is 7.14. The number of carbonyl (C=O) groups is 1. The van der Waals surface area contributed by atoms with Crippen molar-refractivity contribution in [2.45, 2.75) is 32.7 Å². The van der Waals surface area contributed by atoms with Crippen molar-refractivity contribution in [2.75, 3.05) is 13.1 Å². The summed E-state index contributed by atoms with van der Waals surface area (Å²) in [6.07, 6.45) is 7.05. The maximum atomic E-state index is 11.7. The molecule has 1 heterocycles. The Morgan fingerprint density at radius 1 is 1.47 bits per heavy atom. The fourth-order valence-corrected chi connectivity index (χ4v) is 2.13. The standard InChI is InChI=1S/C15H23N3O/c1-12(14-5-6-14)15(19)18-9-3-8-17-11-13-4-2-7-16-10-13/h2,4,7,10,12,14,17H,3,5-6,8-9,11H2,1H3,(H,18,19). The molecule has 2 N–H and O–H groups in total. The average Bonchev–Trinajstić information content (AvgIpc) is 3.27. The van der Waals surface area contributed by atoms with Gasteiger partial charge in [-0.2, -0.15) is 0 Å². The number of hydrogen-bond donors (Lipinski definition) is 2. The maximum absolute atomic E-state index is 11.7. The summed E-state index contributed by atoms with van der Waals surface area (Å²) >= 11 is 0. The molecule has 1 amide bonds. The van der Waals surface area contributed by atoms with Gasteiger partial charge in [0, 0.05) is 31.4 Å². The number of carbonyl (C=O) groups excluding carboxylic acids is 1. The Labute approximate surface area is 115 Å². The van der Waals surface area contributed by atoms with Gasteiger partial charge < -0.3 is 10.6 Å². The molecule has 1 unspecified atom stereocenters. The smallest absolute Gasteiger partial charge is 0.223 e. The highest BCUT2D eigenvalue weighted by atomic mass is 16.1. The van der Waals surface area contributed by atoms with Crippen LogP contribution in [0.1, 0.15) is 31.7 Å². The Morgan fingerprint density at radius 3 is 3.00 bits per heavy atom. The molecule has 0 radical (unpaired) electrons. The van der Waals surface area contributed by atoms with Crippen LogP contribution in [0.5, 0.6) is 0 Å². The number of nitrogens with one attached hydrogen (secondary N) is 2. The molecule has 1 fully saturated rings. The van der Waals surface area contributed by atoms with Gasteiger partial charge in [0.05, 0.1) is 0 Å². The van der Waals surface area contributed by atoms with Gasteiger partial charge in [-0.25, -0.2) is 0 Å². The molecular weight excluding hydrogens is 238 g/mol. The van der Waals surface area contributed by atoms with Gasteiger partial charge in [0.1, 0.15) is 0 Å². The minimum absolute atomic E-state index is 0.198. The molecule has 1 aliphatic carbocycles. The van der Waals surface area contributed by atoms with Gasteiger partial charge in [-0.1, -0.05) is 13.0 Å². The van der Waals surface area contributed by atoms with E-state index in [1.807, 2.05) is 19.2 Å². The summed E-state index contributed by atoms with van der Waals surface area (Å²) in [6, 6.07) is 4.00. The van der Waals surface area contributed by atoms with E-state index in [2.05, 4.69) is 21.7 Å².